The van der Waals surface area contributed by atoms with Crippen molar-refractivity contribution in [2.45, 2.75) is 46.5 Å². The number of amides is 1. The predicted molar refractivity (Wildman–Crippen MR) is 133 cm³/mol. The largest absolute Gasteiger partial charge is 0.493 e. The smallest absolute Gasteiger partial charge is 0.248 e. The van der Waals surface area contributed by atoms with Gasteiger partial charge in [0.15, 0.2) is 0 Å². The quantitative estimate of drug-likeness (QED) is 0.355. The van der Waals surface area contributed by atoms with Crippen LogP contribution in [0, 0.1) is 6.92 Å². The third kappa shape index (κ3) is 3.88. The van der Waals surface area contributed by atoms with E-state index in [0.29, 0.717) is 6.61 Å². The number of benzene rings is 2. The SMILES string of the molecule is CCOc1c(/C(C)=C/C(=O)Nc2cccc3ncccc23)cc2c3c(oc2c1C)CCCC3. The Morgan fingerprint density at radius 1 is 1.18 bits per heavy atom. The molecule has 0 radical (unpaired) electrons. The fourth-order valence-corrected chi connectivity index (χ4v) is 4.82. The molecule has 2 aromatic heterocycles. The van der Waals surface area contributed by atoms with Gasteiger partial charge in [0.25, 0.3) is 0 Å². The molecule has 5 nitrogen and oxygen atoms in total. The second kappa shape index (κ2) is 8.74. The fourth-order valence-electron chi connectivity index (χ4n) is 4.82. The minimum atomic E-state index is -0.182. The van der Waals surface area contributed by atoms with E-state index < -0.39 is 0 Å². The second-order valence-corrected chi connectivity index (χ2v) is 8.59. The lowest BCUT2D eigenvalue weighted by molar-refractivity contribution is -0.111. The minimum absolute atomic E-state index is 0.182. The van der Waals surface area contributed by atoms with Crippen molar-refractivity contribution in [2.24, 2.45) is 0 Å². The van der Waals surface area contributed by atoms with E-state index in [4.69, 9.17) is 9.15 Å². The van der Waals surface area contributed by atoms with E-state index in [-0.39, 0.29) is 5.91 Å². The van der Waals surface area contributed by atoms with Gasteiger partial charge in [0.05, 0.1) is 17.8 Å². The highest BCUT2D eigenvalue weighted by Crippen LogP contribution is 2.41. The van der Waals surface area contributed by atoms with Crippen LogP contribution in [0.2, 0.25) is 0 Å². The molecular weight excluding hydrogens is 412 g/mol. The summed E-state index contributed by atoms with van der Waals surface area (Å²) in [6.45, 7) is 6.52. The van der Waals surface area contributed by atoms with Gasteiger partial charge in [-0.25, -0.2) is 0 Å². The van der Waals surface area contributed by atoms with Crippen LogP contribution in [0.15, 0.2) is 53.1 Å². The van der Waals surface area contributed by atoms with Crippen LogP contribution in [0.4, 0.5) is 5.69 Å². The molecular formula is C28H28N2O3. The van der Waals surface area contributed by atoms with Crippen molar-refractivity contribution >= 4 is 39.0 Å². The molecule has 5 rings (SSSR count). The number of carbonyl (C=O) groups is 1. The molecule has 0 saturated heterocycles. The van der Waals surface area contributed by atoms with Crippen LogP contribution in [0.3, 0.4) is 0 Å². The molecule has 0 spiro atoms. The van der Waals surface area contributed by atoms with Crippen LogP contribution in [0.5, 0.6) is 5.75 Å². The van der Waals surface area contributed by atoms with Crippen molar-refractivity contribution in [2.75, 3.05) is 11.9 Å². The van der Waals surface area contributed by atoms with Crippen molar-refractivity contribution in [1.82, 2.24) is 4.98 Å². The molecule has 1 amide bonds. The first-order valence-electron chi connectivity index (χ1n) is 11.6. The van der Waals surface area contributed by atoms with E-state index in [1.807, 2.05) is 51.1 Å². The zero-order valence-electron chi connectivity index (χ0n) is 19.3. The molecule has 0 atom stereocenters. The number of aromatic nitrogens is 1. The summed E-state index contributed by atoms with van der Waals surface area (Å²) in [5, 5.41) is 5.08. The first-order chi connectivity index (χ1) is 16.1. The van der Waals surface area contributed by atoms with Gasteiger partial charge >= 0.3 is 0 Å². The van der Waals surface area contributed by atoms with Crippen LogP contribution in [-0.4, -0.2) is 17.5 Å². The molecule has 168 valence electrons. The van der Waals surface area contributed by atoms with E-state index in [0.717, 1.165) is 68.6 Å². The zero-order chi connectivity index (χ0) is 22.9. The highest BCUT2D eigenvalue weighted by atomic mass is 16.5. The van der Waals surface area contributed by atoms with Crippen molar-refractivity contribution < 1.29 is 13.9 Å². The number of rotatable bonds is 5. The molecule has 1 N–H and O–H groups in total. The Bertz CT molecular complexity index is 1390. The van der Waals surface area contributed by atoms with Gasteiger partial charge in [-0.3, -0.25) is 9.78 Å². The van der Waals surface area contributed by atoms with Crippen molar-refractivity contribution in [3.63, 3.8) is 0 Å². The molecule has 1 aliphatic rings. The normalized spacial score (nSPS) is 13.8. The average molecular weight is 441 g/mol. The van der Waals surface area contributed by atoms with Gasteiger partial charge in [0.2, 0.25) is 5.91 Å². The third-order valence-corrected chi connectivity index (χ3v) is 6.39. The summed E-state index contributed by atoms with van der Waals surface area (Å²) in [4.78, 5) is 17.3. The number of aryl methyl sites for hydroxylation is 3. The topological polar surface area (TPSA) is 64.4 Å². The molecule has 2 heterocycles. The molecule has 0 bridgehead atoms. The predicted octanol–water partition coefficient (Wildman–Crippen LogP) is 6.61. The summed E-state index contributed by atoms with van der Waals surface area (Å²) in [5.74, 6) is 1.70. The van der Waals surface area contributed by atoms with Gasteiger partial charge in [0.1, 0.15) is 17.1 Å². The zero-order valence-corrected chi connectivity index (χ0v) is 19.3. The number of hydrogen-bond donors (Lipinski definition) is 1. The van der Waals surface area contributed by atoms with Gasteiger partial charge in [-0.2, -0.15) is 0 Å². The number of pyridine rings is 1. The highest BCUT2D eigenvalue weighted by molar-refractivity contribution is 6.08. The monoisotopic (exact) mass is 440 g/mol. The summed E-state index contributed by atoms with van der Waals surface area (Å²) in [6.07, 6.45) is 7.76. The first-order valence-corrected chi connectivity index (χ1v) is 11.6. The summed E-state index contributed by atoms with van der Waals surface area (Å²) >= 11 is 0. The highest BCUT2D eigenvalue weighted by Gasteiger charge is 2.23. The maximum atomic E-state index is 13.0. The maximum absolute atomic E-state index is 13.0. The molecule has 0 unspecified atom stereocenters. The summed E-state index contributed by atoms with van der Waals surface area (Å²) in [7, 11) is 0. The number of anilines is 1. The lowest BCUT2D eigenvalue weighted by Gasteiger charge is -2.15. The van der Waals surface area contributed by atoms with Crippen LogP contribution in [0.25, 0.3) is 27.4 Å². The second-order valence-electron chi connectivity index (χ2n) is 8.59. The van der Waals surface area contributed by atoms with E-state index in [9.17, 15) is 4.79 Å². The number of furan rings is 1. The van der Waals surface area contributed by atoms with Crippen molar-refractivity contribution in [3.8, 4) is 5.75 Å². The van der Waals surface area contributed by atoms with Crippen LogP contribution >= 0.6 is 0 Å². The summed E-state index contributed by atoms with van der Waals surface area (Å²) in [6, 6.07) is 11.7. The average Bonchev–Trinajstić information content (AvgIpc) is 3.20. The molecule has 2 aromatic carbocycles. The third-order valence-electron chi connectivity index (χ3n) is 6.39. The number of ether oxygens (including phenoxy) is 1. The number of hydrogen-bond acceptors (Lipinski definition) is 4. The Hall–Kier alpha value is -3.60. The van der Waals surface area contributed by atoms with E-state index >= 15 is 0 Å². The molecule has 0 saturated carbocycles. The summed E-state index contributed by atoms with van der Waals surface area (Å²) in [5.41, 5.74) is 6.59. The van der Waals surface area contributed by atoms with Crippen LogP contribution in [-0.2, 0) is 17.6 Å². The van der Waals surface area contributed by atoms with Crippen molar-refractivity contribution in [1.29, 1.82) is 0 Å². The van der Waals surface area contributed by atoms with E-state index in [2.05, 4.69) is 16.4 Å². The van der Waals surface area contributed by atoms with Crippen molar-refractivity contribution in [3.05, 3.63) is 71.1 Å². The number of carbonyl (C=O) groups excluding carboxylic acids is 1. The maximum Gasteiger partial charge on any atom is 0.248 e. The molecule has 4 aromatic rings. The Morgan fingerprint density at radius 2 is 2.03 bits per heavy atom. The first kappa shape index (κ1) is 21.3. The molecule has 0 aliphatic heterocycles. The number of fused-ring (bicyclic) bond motifs is 4. The molecule has 33 heavy (non-hydrogen) atoms. The lowest BCUT2D eigenvalue weighted by Crippen LogP contribution is -2.09. The van der Waals surface area contributed by atoms with Crippen LogP contribution in [0.1, 0.15) is 49.1 Å². The molecule has 5 heteroatoms. The van der Waals surface area contributed by atoms with Gasteiger partial charge in [0, 0.05) is 46.2 Å². The number of nitrogens with one attached hydrogen (secondary N) is 1. The minimum Gasteiger partial charge on any atom is -0.493 e. The fraction of sp³-hybridized carbons (Fsp3) is 0.286. The Morgan fingerprint density at radius 3 is 2.88 bits per heavy atom. The Labute approximate surface area is 193 Å². The van der Waals surface area contributed by atoms with Gasteiger partial charge in [-0.05, 0) is 75.9 Å². The van der Waals surface area contributed by atoms with E-state index in [1.165, 1.54) is 18.4 Å². The molecule has 0 fully saturated rings. The Balaban J connectivity index is 1.54. The molecule has 1 aliphatic carbocycles. The standard InChI is InChI=1S/C28H28N2O3/c1-4-32-27-18(3)28-22(19-9-5-6-13-25(19)33-28)16-21(27)17(2)15-26(31)30-24-12-7-11-23-20(24)10-8-14-29-23/h7-8,10-12,14-16H,4-6,9,13H2,1-3H3,(H,30,31)/b17-15+. The van der Waals surface area contributed by atoms with E-state index in [1.54, 1.807) is 12.3 Å². The Kier molecular flexibility index (Phi) is 5.63. The van der Waals surface area contributed by atoms with Gasteiger partial charge in [-0.1, -0.05) is 6.07 Å². The lowest BCUT2D eigenvalue weighted by atomic mass is 9.93. The summed E-state index contributed by atoms with van der Waals surface area (Å²) < 4.78 is 12.3. The van der Waals surface area contributed by atoms with Crippen LogP contribution < -0.4 is 10.1 Å². The number of allylic oxidation sites excluding steroid dienone is 1. The van der Waals surface area contributed by atoms with Gasteiger partial charge in [-0.15, -0.1) is 0 Å². The number of nitrogens with zero attached hydrogens (tertiary/aromatic N) is 1. The van der Waals surface area contributed by atoms with Gasteiger partial charge < -0.3 is 14.5 Å².